The first kappa shape index (κ1) is 25.0. The lowest BCUT2D eigenvalue weighted by Gasteiger charge is -2.28. The Morgan fingerprint density at radius 1 is 1.00 bits per heavy atom. The number of anilines is 1. The van der Waals surface area contributed by atoms with Crippen molar-refractivity contribution in [2.45, 2.75) is 32.5 Å². The van der Waals surface area contributed by atoms with Crippen molar-refractivity contribution in [1.29, 1.82) is 0 Å². The quantitative estimate of drug-likeness (QED) is 0.521. The molecule has 1 atom stereocenters. The van der Waals surface area contributed by atoms with Crippen LogP contribution in [0.2, 0.25) is 0 Å². The number of fused-ring (bicyclic) bond motifs is 1. The van der Waals surface area contributed by atoms with Crippen LogP contribution in [0.4, 0.5) is 5.69 Å². The maximum Gasteiger partial charge on any atom is 0.245 e. The second-order valence-corrected chi connectivity index (χ2v) is 12.0. The Labute approximate surface area is 195 Å². The number of carbonyl (C=O) groups excluding carboxylic acids is 1. The van der Waals surface area contributed by atoms with Gasteiger partial charge in [0, 0.05) is 25.6 Å². The lowest BCUT2D eigenvalue weighted by molar-refractivity contribution is -0.118. The van der Waals surface area contributed by atoms with Gasteiger partial charge in [-0.2, -0.15) is 3.71 Å². The minimum atomic E-state index is -4.08. The van der Waals surface area contributed by atoms with Gasteiger partial charge in [-0.15, -0.1) is 0 Å². The Bertz CT molecular complexity index is 1240. The fraction of sp³-hybridized carbons (Fsp3) is 0.409. The molecule has 0 aliphatic carbocycles. The van der Waals surface area contributed by atoms with E-state index in [9.17, 15) is 21.6 Å². The molecule has 0 radical (unpaired) electrons. The van der Waals surface area contributed by atoms with E-state index in [1.165, 1.54) is 20.1 Å². The highest BCUT2D eigenvalue weighted by Crippen LogP contribution is 2.40. The van der Waals surface area contributed by atoms with Crippen molar-refractivity contribution in [2.75, 3.05) is 30.4 Å². The highest BCUT2D eigenvalue weighted by molar-refractivity contribution is 8.09. The molecule has 0 saturated carbocycles. The zero-order valence-corrected chi connectivity index (χ0v) is 20.9. The second kappa shape index (κ2) is 9.32. The summed E-state index contributed by atoms with van der Waals surface area (Å²) >= 11 is 0. The van der Waals surface area contributed by atoms with Crippen LogP contribution in [0.3, 0.4) is 0 Å². The lowest BCUT2D eigenvalue weighted by atomic mass is 9.99. The van der Waals surface area contributed by atoms with E-state index in [1.807, 2.05) is 23.1 Å². The smallest absolute Gasteiger partial charge is 0.245 e. The van der Waals surface area contributed by atoms with Gasteiger partial charge in [-0.1, -0.05) is 18.2 Å². The van der Waals surface area contributed by atoms with E-state index in [1.54, 1.807) is 19.2 Å². The van der Waals surface area contributed by atoms with Crippen LogP contribution >= 0.6 is 0 Å². The summed E-state index contributed by atoms with van der Waals surface area (Å²) in [6, 6.07) is 10.1. The van der Waals surface area contributed by atoms with Crippen molar-refractivity contribution in [3.8, 4) is 11.5 Å². The van der Waals surface area contributed by atoms with Gasteiger partial charge in [0.15, 0.2) is 11.5 Å². The third-order valence-corrected chi connectivity index (χ3v) is 8.72. The predicted molar refractivity (Wildman–Crippen MR) is 125 cm³/mol. The topological polar surface area (TPSA) is 110 Å². The van der Waals surface area contributed by atoms with E-state index < -0.39 is 20.0 Å². The highest BCUT2D eigenvalue weighted by atomic mass is 32.3. The molecule has 0 aromatic heterocycles. The first-order valence-electron chi connectivity index (χ1n) is 10.1. The minimum Gasteiger partial charge on any atom is -0.493 e. The maximum atomic E-state index is 12.4. The zero-order chi connectivity index (χ0) is 24.6. The number of ether oxygens (including phenoxy) is 2. The van der Waals surface area contributed by atoms with E-state index in [2.05, 4.69) is 0 Å². The van der Waals surface area contributed by atoms with Gasteiger partial charge in [-0.05, 0) is 41.8 Å². The monoisotopic (exact) mass is 496 g/mol. The van der Waals surface area contributed by atoms with Crippen LogP contribution in [-0.4, -0.2) is 54.2 Å². The molecule has 0 spiro atoms. The Kier molecular flexibility index (Phi) is 7.06. The van der Waals surface area contributed by atoms with Crippen LogP contribution in [0.1, 0.15) is 36.1 Å². The molecule has 2 aromatic carbocycles. The lowest BCUT2D eigenvalue weighted by Crippen LogP contribution is -2.36. The summed E-state index contributed by atoms with van der Waals surface area (Å²) in [5.41, 5.74) is 2.34. The van der Waals surface area contributed by atoms with E-state index in [0.29, 0.717) is 27.3 Å². The Morgan fingerprint density at radius 3 is 2.18 bits per heavy atom. The molecular weight excluding hydrogens is 468 g/mol. The zero-order valence-electron chi connectivity index (χ0n) is 19.2. The second-order valence-electron chi connectivity index (χ2n) is 8.08. The number of hydrogen-bond donors (Lipinski definition) is 0. The number of sulfonamides is 2. The Balaban J connectivity index is 2.06. The highest BCUT2D eigenvalue weighted by Gasteiger charge is 2.35. The molecule has 2 aromatic rings. The molecule has 11 heteroatoms. The molecule has 1 unspecified atom stereocenters. The summed E-state index contributed by atoms with van der Waals surface area (Å²) in [7, 11) is -5.09. The third kappa shape index (κ3) is 5.31. The summed E-state index contributed by atoms with van der Waals surface area (Å²) in [6.07, 6.45) is 1.95. The maximum absolute atomic E-state index is 12.4. The summed E-state index contributed by atoms with van der Waals surface area (Å²) < 4.78 is 60.6. The Hall–Kier alpha value is -2.63. The van der Waals surface area contributed by atoms with Gasteiger partial charge in [-0.25, -0.2) is 16.8 Å². The van der Waals surface area contributed by atoms with E-state index in [4.69, 9.17) is 9.47 Å². The third-order valence-electron chi connectivity index (χ3n) is 5.50. The largest absolute Gasteiger partial charge is 0.493 e. The van der Waals surface area contributed by atoms with Crippen LogP contribution in [0.25, 0.3) is 0 Å². The molecular formula is C22H28N2O7S2. The summed E-state index contributed by atoms with van der Waals surface area (Å²) in [5.74, 6) is 1.08. The molecule has 33 heavy (non-hydrogen) atoms. The Morgan fingerprint density at radius 2 is 1.64 bits per heavy atom. The molecule has 0 bridgehead atoms. The molecule has 0 saturated heterocycles. The van der Waals surface area contributed by atoms with Gasteiger partial charge < -0.3 is 9.47 Å². The van der Waals surface area contributed by atoms with Crippen molar-refractivity contribution >= 4 is 31.5 Å². The first-order chi connectivity index (χ1) is 15.4. The summed E-state index contributed by atoms with van der Waals surface area (Å²) in [6.45, 7) is 2.22. The summed E-state index contributed by atoms with van der Waals surface area (Å²) in [5, 5.41) is 0. The van der Waals surface area contributed by atoms with Crippen LogP contribution < -0.4 is 13.2 Å². The van der Waals surface area contributed by atoms with Gasteiger partial charge in [0.1, 0.15) is 5.78 Å². The van der Waals surface area contributed by atoms with Crippen LogP contribution in [0, 0.1) is 0 Å². The molecule has 0 N–H and O–H groups in total. The minimum absolute atomic E-state index is 0.0140. The number of nitrogens with zero attached hydrogens (tertiary/aromatic N) is 2. The molecule has 0 amide bonds. The average molecular weight is 497 g/mol. The number of benzene rings is 2. The molecule has 1 heterocycles. The SMILES string of the molecule is COc1ccc(C(CC(C)=O)N2Cc3cccc(N(S(C)(=O)=O)S(C)(=O)=O)c3C2)cc1OC. The van der Waals surface area contributed by atoms with Crippen molar-refractivity contribution in [3.63, 3.8) is 0 Å². The molecule has 9 nitrogen and oxygen atoms in total. The normalized spacial score (nSPS) is 15.1. The van der Waals surface area contributed by atoms with Crippen LogP contribution in [0.5, 0.6) is 11.5 Å². The number of Topliss-reactive ketones (excluding diaryl/α,β-unsaturated/α-hetero) is 1. The van der Waals surface area contributed by atoms with Gasteiger partial charge in [0.2, 0.25) is 20.0 Å². The van der Waals surface area contributed by atoms with E-state index in [0.717, 1.165) is 23.6 Å². The van der Waals surface area contributed by atoms with Crippen molar-refractivity contribution in [3.05, 3.63) is 53.1 Å². The summed E-state index contributed by atoms with van der Waals surface area (Å²) in [4.78, 5) is 14.2. The van der Waals surface area contributed by atoms with Crippen molar-refractivity contribution in [1.82, 2.24) is 4.90 Å². The van der Waals surface area contributed by atoms with Gasteiger partial charge >= 0.3 is 0 Å². The van der Waals surface area contributed by atoms with Gasteiger partial charge in [-0.3, -0.25) is 9.69 Å². The number of rotatable bonds is 9. The van der Waals surface area contributed by atoms with E-state index >= 15 is 0 Å². The van der Waals surface area contributed by atoms with Crippen molar-refractivity contribution in [2.24, 2.45) is 0 Å². The molecule has 1 aliphatic heterocycles. The van der Waals surface area contributed by atoms with Crippen LogP contribution in [0.15, 0.2) is 36.4 Å². The number of carbonyl (C=O) groups is 1. The number of methoxy groups -OCH3 is 2. The molecule has 180 valence electrons. The molecule has 0 fully saturated rings. The van der Waals surface area contributed by atoms with Crippen molar-refractivity contribution < 1.29 is 31.1 Å². The molecule has 3 rings (SSSR count). The number of ketones is 1. The number of hydrogen-bond acceptors (Lipinski definition) is 8. The molecule has 1 aliphatic rings. The standard InChI is InChI=1S/C22H28N2O7S2/c1-15(25)11-20(16-9-10-21(30-2)22(12-16)31-3)23-13-17-7-6-8-19(18(17)14-23)24(32(4,26)27)33(5,28)29/h6-10,12,20H,11,13-14H2,1-5H3. The fourth-order valence-electron chi connectivity index (χ4n) is 4.21. The van der Waals surface area contributed by atoms with Gasteiger partial charge in [0.25, 0.3) is 0 Å². The van der Waals surface area contributed by atoms with E-state index in [-0.39, 0.29) is 30.5 Å². The fourth-order valence-corrected chi connectivity index (χ4v) is 7.24. The predicted octanol–water partition coefficient (Wildman–Crippen LogP) is 2.47. The van der Waals surface area contributed by atoms with Crippen LogP contribution in [-0.2, 0) is 37.9 Å². The average Bonchev–Trinajstić information content (AvgIpc) is 3.14. The van der Waals surface area contributed by atoms with Gasteiger partial charge in [0.05, 0.1) is 32.4 Å². The first-order valence-corrected chi connectivity index (χ1v) is 13.8.